The van der Waals surface area contributed by atoms with Gasteiger partial charge < -0.3 is 5.32 Å². The SMILES string of the molecule is Cc1ccccc1N1C(=N)SC(CC(=O)Nc2ccc(F)cc2)C1=O. The highest BCUT2D eigenvalue weighted by Crippen LogP contribution is 2.34. The summed E-state index contributed by atoms with van der Waals surface area (Å²) in [5.41, 5.74) is 2.01. The standard InChI is InChI=1S/C18H16FN3O2S/c1-11-4-2-3-5-14(11)22-17(24)15(25-18(22)20)10-16(23)21-13-8-6-12(19)7-9-13/h2-9,15,20H,10H2,1H3,(H,21,23). The molecule has 7 heteroatoms. The number of carbonyl (C=O) groups is 2. The molecule has 1 saturated heterocycles. The zero-order valence-electron chi connectivity index (χ0n) is 13.5. The van der Waals surface area contributed by atoms with Crippen LogP contribution in [-0.2, 0) is 9.59 Å². The fraction of sp³-hybridized carbons (Fsp3) is 0.167. The summed E-state index contributed by atoms with van der Waals surface area (Å²) in [5.74, 6) is -1.02. The fourth-order valence-electron chi connectivity index (χ4n) is 2.57. The third-order valence-electron chi connectivity index (χ3n) is 3.81. The van der Waals surface area contributed by atoms with E-state index in [1.165, 1.54) is 29.2 Å². The molecule has 2 aromatic rings. The lowest BCUT2D eigenvalue weighted by atomic mass is 10.1. The van der Waals surface area contributed by atoms with Gasteiger partial charge in [0.15, 0.2) is 5.17 Å². The smallest absolute Gasteiger partial charge is 0.247 e. The van der Waals surface area contributed by atoms with Crippen molar-refractivity contribution in [2.75, 3.05) is 10.2 Å². The van der Waals surface area contributed by atoms with E-state index in [0.29, 0.717) is 11.4 Å². The van der Waals surface area contributed by atoms with Gasteiger partial charge in [-0.3, -0.25) is 19.9 Å². The first-order valence-corrected chi connectivity index (χ1v) is 8.54. The fourth-order valence-corrected chi connectivity index (χ4v) is 3.57. The molecule has 2 aromatic carbocycles. The number of rotatable bonds is 4. The number of nitrogens with one attached hydrogen (secondary N) is 2. The van der Waals surface area contributed by atoms with Crippen LogP contribution in [0.15, 0.2) is 48.5 Å². The Morgan fingerprint density at radius 2 is 1.92 bits per heavy atom. The minimum absolute atomic E-state index is 0.0500. The van der Waals surface area contributed by atoms with Crippen LogP contribution in [0, 0.1) is 18.2 Å². The molecule has 5 nitrogen and oxygen atoms in total. The molecule has 3 rings (SSSR count). The Kier molecular flexibility index (Phi) is 4.85. The van der Waals surface area contributed by atoms with Gasteiger partial charge in [0, 0.05) is 12.1 Å². The predicted octanol–water partition coefficient (Wildman–Crippen LogP) is 3.55. The second-order valence-electron chi connectivity index (χ2n) is 5.63. The van der Waals surface area contributed by atoms with Crippen LogP contribution < -0.4 is 10.2 Å². The number of thioether (sulfide) groups is 1. The molecule has 25 heavy (non-hydrogen) atoms. The van der Waals surface area contributed by atoms with Crippen LogP contribution in [0.5, 0.6) is 0 Å². The average Bonchev–Trinajstić information content (AvgIpc) is 2.84. The van der Waals surface area contributed by atoms with Crippen LogP contribution in [0.3, 0.4) is 0 Å². The normalized spacial score (nSPS) is 17.0. The van der Waals surface area contributed by atoms with Crippen LogP contribution in [0.25, 0.3) is 0 Å². The summed E-state index contributed by atoms with van der Waals surface area (Å²) >= 11 is 1.07. The van der Waals surface area contributed by atoms with E-state index in [0.717, 1.165) is 17.3 Å². The lowest BCUT2D eigenvalue weighted by molar-refractivity contribution is -0.121. The van der Waals surface area contributed by atoms with Crippen molar-refractivity contribution in [2.45, 2.75) is 18.6 Å². The number of benzene rings is 2. The van der Waals surface area contributed by atoms with Gasteiger partial charge in [-0.1, -0.05) is 30.0 Å². The Bertz CT molecular complexity index is 838. The van der Waals surface area contributed by atoms with Crippen LogP contribution in [0.1, 0.15) is 12.0 Å². The second kappa shape index (κ2) is 7.06. The van der Waals surface area contributed by atoms with E-state index in [4.69, 9.17) is 5.41 Å². The first kappa shape index (κ1) is 17.2. The topological polar surface area (TPSA) is 73.3 Å². The summed E-state index contributed by atoms with van der Waals surface area (Å²) < 4.78 is 12.9. The highest BCUT2D eigenvalue weighted by Gasteiger charge is 2.39. The lowest BCUT2D eigenvalue weighted by Crippen LogP contribution is -2.33. The van der Waals surface area contributed by atoms with Gasteiger partial charge in [-0.05, 0) is 42.8 Å². The molecule has 0 aromatic heterocycles. The molecule has 1 heterocycles. The maximum atomic E-state index is 12.9. The Hall–Kier alpha value is -2.67. The number of para-hydroxylation sites is 1. The van der Waals surface area contributed by atoms with Gasteiger partial charge in [0.25, 0.3) is 0 Å². The minimum atomic E-state index is -0.646. The molecule has 2 N–H and O–H groups in total. The largest absolute Gasteiger partial charge is 0.326 e. The highest BCUT2D eigenvalue weighted by molar-refractivity contribution is 8.16. The van der Waals surface area contributed by atoms with E-state index in [2.05, 4.69) is 5.32 Å². The zero-order valence-corrected chi connectivity index (χ0v) is 14.3. The molecule has 128 valence electrons. The van der Waals surface area contributed by atoms with E-state index in [1.807, 2.05) is 25.1 Å². The van der Waals surface area contributed by atoms with Gasteiger partial charge in [0.1, 0.15) is 11.1 Å². The number of halogens is 1. The summed E-state index contributed by atoms with van der Waals surface area (Å²) in [4.78, 5) is 26.1. The minimum Gasteiger partial charge on any atom is -0.326 e. The molecule has 0 aliphatic carbocycles. The molecular formula is C18H16FN3O2S. The third kappa shape index (κ3) is 3.71. The Morgan fingerprint density at radius 1 is 1.24 bits per heavy atom. The van der Waals surface area contributed by atoms with Crippen molar-refractivity contribution in [3.63, 3.8) is 0 Å². The molecule has 2 amide bonds. The number of hydrogen-bond acceptors (Lipinski definition) is 4. The number of amidine groups is 1. The van der Waals surface area contributed by atoms with Crippen LogP contribution in [0.2, 0.25) is 0 Å². The Morgan fingerprint density at radius 3 is 2.60 bits per heavy atom. The number of carbonyl (C=O) groups excluding carboxylic acids is 2. The summed E-state index contributed by atoms with van der Waals surface area (Å²) in [6.07, 6.45) is -0.0500. The first-order chi connectivity index (χ1) is 12.0. The van der Waals surface area contributed by atoms with Crippen LogP contribution in [-0.4, -0.2) is 22.2 Å². The van der Waals surface area contributed by atoms with Gasteiger partial charge in [0.2, 0.25) is 11.8 Å². The quantitative estimate of drug-likeness (QED) is 0.879. The average molecular weight is 357 g/mol. The number of nitrogens with zero attached hydrogens (tertiary/aromatic N) is 1. The van der Waals surface area contributed by atoms with Crippen molar-refractivity contribution in [2.24, 2.45) is 0 Å². The van der Waals surface area contributed by atoms with Gasteiger partial charge in [-0.15, -0.1) is 0 Å². The Balaban J connectivity index is 1.69. The van der Waals surface area contributed by atoms with Gasteiger partial charge in [0.05, 0.1) is 5.69 Å². The molecule has 1 unspecified atom stereocenters. The molecule has 1 atom stereocenters. The van der Waals surface area contributed by atoms with Gasteiger partial charge in [-0.25, -0.2) is 4.39 Å². The van der Waals surface area contributed by atoms with Crippen molar-refractivity contribution in [3.05, 3.63) is 59.9 Å². The van der Waals surface area contributed by atoms with Crippen molar-refractivity contribution in [1.82, 2.24) is 0 Å². The van der Waals surface area contributed by atoms with Crippen molar-refractivity contribution in [3.8, 4) is 0 Å². The molecule has 1 aliphatic heterocycles. The predicted molar refractivity (Wildman–Crippen MR) is 97.4 cm³/mol. The van der Waals surface area contributed by atoms with Gasteiger partial charge in [-0.2, -0.15) is 0 Å². The van der Waals surface area contributed by atoms with E-state index in [1.54, 1.807) is 6.07 Å². The monoisotopic (exact) mass is 357 g/mol. The van der Waals surface area contributed by atoms with Crippen molar-refractivity contribution >= 4 is 40.1 Å². The summed E-state index contributed by atoms with van der Waals surface area (Å²) in [5, 5.41) is 10.2. The summed E-state index contributed by atoms with van der Waals surface area (Å²) in [6, 6.07) is 12.7. The van der Waals surface area contributed by atoms with Crippen LogP contribution >= 0.6 is 11.8 Å². The second-order valence-corrected chi connectivity index (χ2v) is 6.82. The van der Waals surface area contributed by atoms with E-state index < -0.39 is 5.25 Å². The Labute approximate surface area is 148 Å². The van der Waals surface area contributed by atoms with Crippen molar-refractivity contribution < 1.29 is 14.0 Å². The zero-order chi connectivity index (χ0) is 18.0. The molecule has 0 saturated carbocycles. The van der Waals surface area contributed by atoms with Crippen molar-refractivity contribution in [1.29, 1.82) is 5.41 Å². The molecule has 1 fully saturated rings. The first-order valence-electron chi connectivity index (χ1n) is 7.66. The molecule has 0 spiro atoms. The number of hydrogen-bond donors (Lipinski definition) is 2. The van der Waals surface area contributed by atoms with E-state index in [9.17, 15) is 14.0 Å². The summed E-state index contributed by atoms with van der Waals surface area (Å²) in [6.45, 7) is 1.87. The molecule has 0 bridgehead atoms. The highest BCUT2D eigenvalue weighted by atomic mass is 32.2. The molecular weight excluding hydrogens is 341 g/mol. The number of aryl methyl sites for hydroxylation is 1. The van der Waals surface area contributed by atoms with E-state index >= 15 is 0 Å². The maximum Gasteiger partial charge on any atom is 0.247 e. The maximum absolute atomic E-state index is 12.9. The van der Waals surface area contributed by atoms with Crippen LogP contribution in [0.4, 0.5) is 15.8 Å². The lowest BCUT2D eigenvalue weighted by Gasteiger charge is -2.17. The number of anilines is 2. The molecule has 0 radical (unpaired) electrons. The third-order valence-corrected chi connectivity index (χ3v) is 4.87. The molecule has 1 aliphatic rings. The van der Waals surface area contributed by atoms with E-state index in [-0.39, 0.29) is 29.2 Å². The number of amides is 2. The van der Waals surface area contributed by atoms with Gasteiger partial charge >= 0.3 is 0 Å². The summed E-state index contributed by atoms with van der Waals surface area (Å²) in [7, 11) is 0.